The lowest BCUT2D eigenvalue weighted by Gasteiger charge is -2.26. The van der Waals surface area contributed by atoms with E-state index in [0.717, 1.165) is 23.3 Å². The summed E-state index contributed by atoms with van der Waals surface area (Å²) in [5.41, 5.74) is 7.45. The molecule has 0 saturated carbocycles. The molecule has 36 heavy (non-hydrogen) atoms. The molecule has 1 aromatic carbocycles. The number of nitrogen functional groups attached to an aromatic ring is 1. The van der Waals surface area contributed by atoms with Gasteiger partial charge in [-0.25, -0.2) is 9.97 Å². The van der Waals surface area contributed by atoms with E-state index in [2.05, 4.69) is 20.3 Å². The Hall–Kier alpha value is -3.89. The predicted octanol–water partition coefficient (Wildman–Crippen LogP) is 4.75. The first-order valence-corrected chi connectivity index (χ1v) is 11.4. The molecular formula is C25H27F3N6O2. The molecular weight excluding hydrogens is 473 g/mol. The highest BCUT2D eigenvalue weighted by Gasteiger charge is 2.31. The number of halogens is 3. The number of nitrogens with two attached hydrogens (primary N) is 1. The lowest BCUT2D eigenvalue weighted by atomic mass is 9.99. The van der Waals surface area contributed by atoms with Crippen molar-refractivity contribution in [3.8, 4) is 5.88 Å². The van der Waals surface area contributed by atoms with Gasteiger partial charge >= 0.3 is 6.18 Å². The van der Waals surface area contributed by atoms with E-state index in [1.54, 1.807) is 18.7 Å². The Balaban J connectivity index is 1.75. The minimum atomic E-state index is -4.51. The van der Waals surface area contributed by atoms with Crippen LogP contribution < -0.4 is 15.8 Å². The van der Waals surface area contributed by atoms with Crippen LogP contribution in [-0.2, 0) is 11.0 Å². The van der Waals surface area contributed by atoms with Crippen molar-refractivity contribution in [1.29, 1.82) is 0 Å². The number of ether oxygens (including phenoxy) is 1. The average molecular weight is 501 g/mol. The van der Waals surface area contributed by atoms with E-state index >= 15 is 0 Å². The van der Waals surface area contributed by atoms with Gasteiger partial charge in [0, 0.05) is 31.3 Å². The zero-order valence-corrected chi connectivity index (χ0v) is 20.4. The van der Waals surface area contributed by atoms with Gasteiger partial charge in [0.1, 0.15) is 11.6 Å². The fourth-order valence-electron chi connectivity index (χ4n) is 4.22. The van der Waals surface area contributed by atoms with Crippen molar-refractivity contribution in [2.45, 2.75) is 39.4 Å². The van der Waals surface area contributed by atoms with E-state index in [1.165, 1.54) is 20.1 Å². The Labute approximate surface area is 206 Å². The molecule has 8 nitrogen and oxygen atoms in total. The summed E-state index contributed by atoms with van der Waals surface area (Å²) in [7, 11) is 1.52. The van der Waals surface area contributed by atoms with E-state index in [-0.39, 0.29) is 11.6 Å². The normalized spacial score (nSPS) is 15.0. The fraction of sp³-hybridized carbons (Fsp3) is 0.360. The van der Waals surface area contributed by atoms with Crippen LogP contribution >= 0.6 is 0 Å². The van der Waals surface area contributed by atoms with Crippen LogP contribution in [0.15, 0.2) is 30.3 Å². The van der Waals surface area contributed by atoms with Gasteiger partial charge in [-0.15, -0.1) is 0 Å². The van der Waals surface area contributed by atoms with Gasteiger partial charge < -0.3 is 20.7 Å². The molecule has 1 aliphatic rings. The van der Waals surface area contributed by atoms with Gasteiger partial charge in [0.15, 0.2) is 5.65 Å². The van der Waals surface area contributed by atoms with Gasteiger partial charge in [-0.3, -0.25) is 4.79 Å². The molecule has 3 heterocycles. The number of methoxy groups -OCH3 is 1. The molecule has 11 heteroatoms. The predicted molar refractivity (Wildman–Crippen MR) is 131 cm³/mol. The first-order chi connectivity index (χ1) is 17.0. The number of nitrogens with one attached hydrogen (secondary N) is 1. The largest absolute Gasteiger partial charge is 0.481 e. The molecule has 1 aliphatic heterocycles. The highest BCUT2D eigenvalue weighted by Crippen LogP contribution is 2.36. The zero-order valence-electron chi connectivity index (χ0n) is 20.4. The molecule has 0 radical (unpaired) electrons. The van der Waals surface area contributed by atoms with Crippen molar-refractivity contribution in [2.75, 3.05) is 31.2 Å². The van der Waals surface area contributed by atoms with Gasteiger partial charge in [-0.05, 0) is 55.7 Å². The molecule has 1 atom stereocenters. The first kappa shape index (κ1) is 25.2. The molecule has 0 aliphatic carbocycles. The number of carbonyl (C=O) groups excluding carboxylic acids is 1. The number of carbonyl (C=O) groups is 1. The van der Waals surface area contributed by atoms with Gasteiger partial charge in [-0.1, -0.05) is 6.08 Å². The summed E-state index contributed by atoms with van der Waals surface area (Å²) in [5, 5.41) is 3.81. The molecule has 0 bridgehead atoms. The summed E-state index contributed by atoms with van der Waals surface area (Å²) in [6, 6.07) is 4.81. The number of amides is 1. The lowest BCUT2D eigenvalue weighted by molar-refractivity contribution is -0.137. The first-order valence-electron chi connectivity index (χ1n) is 11.4. The number of aromatic nitrogens is 3. The Morgan fingerprint density at radius 1 is 1.19 bits per heavy atom. The van der Waals surface area contributed by atoms with E-state index in [1.807, 2.05) is 12.1 Å². The van der Waals surface area contributed by atoms with Crippen LogP contribution in [0.4, 0.5) is 24.7 Å². The van der Waals surface area contributed by atoms with Crippen molar-refractivity contribution < 1.29 is 22.7 Å². The quantitative estimate of drug-likeness (QED) is 0.487. The Bertz CT molecular complexity index is 1360. The smallest absolute Gasteiger partial charge is 0.416 e. The van der Waals surface area contributed by atoms with Gasteiger partial charge in [0.25, 0.3) is 0 Å². The third-order valence-electron chi connectivity index (χ3n) is 6.12. The number of anilines is 2. The van der Waals surface area contributed by atoms with Crippen LogP contribution in [0.1, 0.15) is 48.8 Å². The second-order valence-electron chi connectivity index (χ2n) is 8.73. The van der Waals surface area contributed by atoms with Crippen molar-refractivity contribution in [3.63, 3.8) is 0 Å². The average Bonchev–Trinajstić information content (AvgIpc) is 2.82. The Morgan fingerprint density at radius 3 is 2.56 bits per heavy atom. The Morgan fingerprint density at radius 2 is 1.94 bits per heavy atom. The Kier molecular flexibility index (Phi) is 6.75. The maximum Gasteiger partial charge on any atom is 0.416 e. The third kappa shape index (κ3) is 5.19. The molecule has 0 fully saturated rings. The van der Waals surface area contributed by atoms with Gasteiger partial charge in [0.05, 0.1) is 24.1 Å². The van der Waals surface area contributed by atoms with Crippen LogP contribution in [0.25, 0.3) is 16.6 Å². The number of rotatable bonds is 5. The van der Waals surface area contributed by atoms with E-state index in [0.29, 0.717) is 53.6 Å². The summed E-state index contributed by atoms with van der Waals surface area (Å²) in [5.74, 6) is 1.28. The number of alkyl halides is 3. The second kappa shape index (κ2) is 9.63. The molecule has 1 amide bonds. The van der Waals surface area contributed by atoms with Crippen LogP contribution in [0.5, 0.6) is 5.88 Å². The summed E-state index contributed by atoms with van der Waals surface area (Å²) >= 11 is 0. The summed E-state index contributed by atoms with van der Waals surface area (Å²) in [6.45, 7) is 6.03. The minimum Gasteiger partial charge on any atom is -0.481 e. The molecule has 2 aromatic heterocycles. The highest BCUT2D eigenvalue weighted by atomic mass is 19.4. The highest BCUT2D eigenvalue weighted by molar-refractivity contribution is 5.91. The second-order valence-corrected chi connectivity index (χ2v) is 8.73. The minimum absolute atomic E-state index is 0.00785. The maximum absolute atomic E-state index is 13.3. The number of aryl methyl sites for hydroxylation is 1. The third-order valence-corrected chi connectivity index (χ3v) is 6.12. The standard InChI is InChI=1S/C25H27F3N6O2/c1-13(17-9-18(25(26,27)28)11-19(29)10-17)30-22-21-12-20(16-5-7-34(8-6-16)15(3)35)24(36-4)33-23(21)32-14(2)31-22/h5,9-13H,6-8,29H2,1-4H3,(H,30,31,32,33). The van der Waals surface area contributed by atoms with Crippen molar-refractivity contribution in [2.24, 2.45) is 0 Å². The van der Waals surface area contributed by atoms with E-state index < -0.39 is 17.8 Å². The van der Waals surface area contributed by atoms with Gasteiger partial charge in [-0.2, -0.15) is 18.2 Å². The lowest BCUT2D eigenvalue weighted by Crippen LogP contribution is -2.32. The molecule has 4 rings (SSSR count). The van der Waals surface area contributed by atoms with Crippen molar-refractivity contribution in [1.82, 2.24) is 19.9 Å². The molecule has 3 N–H and O–H groups in total. The molecule has 190 valence electrons. The van der Waals surface area contributed by atoms with Crippen molar-refractivity contribution >= 4 is 34.0 Å². The summed E-state index contributed by atoms with van der Waals surface area (Å²) in [6.07, 6.45) is -1.92. The number of fused-ring (bicyclic) bond motifs is 1. The maximum atomic E-state index is 13.3. The molecule has 0 spiro atoms. The number of benzene rings is 1. The topological polar surface area (TPSA) is 106 Å². The monoisotopic (exact) mass is 500 g/mol. The number of hydrogen-bond acceptors (Lipinski definition) is 7. The number of pyridine rings is 1. The SMILES string of the molecule is COc1nc2nc(C)nc(NC(C)c3cc(N)cc(C(F)(F)F)c3)c2cc1C1=CCN(C(C)=O)CC1. The van der Waals surface area contributed by atoms with E-state index in [9.17, 15) is 18.0 Å². The fourth-order valence-corrected chi connectivity index (χ4v) is 4.22. The summed E-state index contributed by atoms with van der Waals surface area (Å²) in [4.78, 5) is 27.0. The van der Waals surface area contributed by atoms with Crippen LogP contribution in [0, 0.1) is 6.92 Å². The van der Waals surface area contributed by atoms with Crippen LogP contribution in [0.2, 0.25) is 0 Å². The molecule has 1 unspecified atom stereocenters. The van der Waals surface area contributed by atoms with Crippen LogP contribution in [-0.4, -0.2) is 46.0 Å². The van der Waals surface area contributed by atoms with Crippen LogP contribution in [0.3, 0.4) is 0 Å². The zero-order chi connectivity index (χ0) is 26.2. The van der Waals surface area contributed by atoms with Crippen molar-refractivity contribution in [3.05, 3.63) is 52.9 Å². The molecule has 3 aromatic rings. The summed E-state index contributed by atoms with van der Waals surface area (Å²) < 4.78 is 45.5. The van der Waals surface area contributed by atoms with Gasteiger partial charge in [0.2, 0.25) is 11.8 Å². The number of hydrogen-bond donors (Lipinski definition) is 2. The molecule has 0 saturated heterocycles. The number of nitrogens with zero attached hydrogens (tertiary/aromatic N) is 4. The van der Waals surface area contributed by atoms with E-state index in [4.69, 9.17) is 10.5 Å².